The molecule has 1 aliphatic rings. The van der Waals surface area contributed by atoms with Gasteiger partial charge in [0.05, 0.1) is 16.8 Å². The zero-order valence-corrected chi connectivity index (χ0v) is 17.6. The molecule has 5 nitrogen and oxygen atoms in total. The van der Waals surface area contributed by atoms with Crippen molar-refractivity contribution in [3.8, 4) is 10.8 Å². The highest BCUT2D eigenvalue weighted by Crippen LogP contribution is 2.31. The molecule has 26 heavy (non-hydrogen) atoms. The third-order valence-corrected chi connectivity index (χ3v) is 5.22. The summed E-state index contributed by atoms with van der Waals surface area (Å²) >= 11 is 1.65. The molecule has 0 saturated heterocycles. The number of nitrogens with zero attached hydrogens (tertiary/aromatic N) is 2. The number of halogens is 1. The van der Waals surface area contributed by atoms with Gasteiger partial charge in [-0.3, -0.25) is 4.99 Å². The maximum absolute atomic E-state index is 5.95. The van der Waals surface area contributed by atoms with E-state index in [-0.39, 0.29) is 24.0 Å². The van der Waals surface area contributed by atoms with Crippen molar-refractivity contribution in [3.05, 3.63) is 54.3 Å². The third kappa shape index (κ3) is 4.27. The fourth-order valence-corrected chi connectivity index (χ4v) is 3.79. The van der Waals surface area contributed by atoms with Crippen LogP contribution in [0.3, 0.4) is 0 Å². The Morgan fingerprint density at radius 1 is 1.23 bits per heavy atom. The quantitative estimate of drug-likeness (QED) is 0.249. The lowest BCUT2D eigenvalue weighted by atomic mass is 10.2. The Bertz CT molecular complexity index is 889. The first-order valence-corrected chi connectivity index (χ1v) is 9.20. The average Bonchev–Trinajstić information content (AvgIpc) is 3.38. The molecule has 1 aromatic carbocycles. The van der Waals surface area contributed by atoms with Crippen LogP contribution in [0.2, 0.25) is 0 Å². The molecule has 0 saturated carbocycles. The summed E-state index contributed by atoms with van der Waals surface area (Å²) in [6.45, 7) is 0.588. The van der Waals surface area contributed by atoms with Gasteiger partial charge < -0.3 is 15.1 Å². The zero-order chi connectivity index (χ0) is 17.1. The standard InChI is InChI=1S/C19H20N4OS.HI/c1-20-19(22-13-6-2-3-7-13)21-12-14-10-11-16(24-14)18-23-15-8-4-5-9-17(15)25-18;/h2-5,8-11,13H,6-7,12H2,1H3,(H2,20,21,22);1H. The highest BCUT2D eigenvalue weighted by Gasteiger charge is 2.13. The molecule has 0 atom stereocenters. The van der Waals surface area contributed by atoms with Gasteiger partial charge in [-0.25, -0.2) is 4.98 Å². The van der Waals surface area contributed by atoms with Crippen LogP contribution in [0.5, 0.6) is 0 Å². The van der Waals surface area contributed by atoms with Crippen molar-refractivity contribution >= 4 is 51.5 Å². The van der Waals surface area contributed by atoms with E-state index in [1.54, 1.807) is 18.4 Å². The minimum atomic E-state index is 0. The van der Waals surface area contributed by atoms with E-state index in [4.69, 9.17) is 4.42 Å². The highest BCUT2D eigenvalue weighted by molar-refractivity contribution is 14.0. The second-order valence-electron chi connectivity index (χ2n) is 5.96. The van der Waals surface area contributed by atoms with Crippen LogP contribution in [0.1, 0.15) is 18.6 Å². The van der Waals surface area contributed by atoms with Crippen molar-refractivity contribution in [2.45, 2.75) is 25.4 Å². The Hall–Kier alpha value is -1.87. The molecule has 0 radical (unpaired) electrons. The topological polar surface area (TPSA) is 62.5 Å². The number of hydrogen-bond acceptors (Lipinski definition) is 4. The molecule has 4 rings (SSSR count). The lowest BCUT2D eigenvalue weighted by Gasteiger charge is -2.16. The molecule has 0 amide bonds. The zero-order valence-electron chi connectivity index (χ0n) is 14.4. The molecule has 0 bridgehead atoms. The van der Waals surface area contributed by atoms with Gasteiger partial charge in [0, 0.05) is 13.1 Å². The number of para-hydroxylation sites is 1. The first kappa shape index (κ1) is 18.9. The number of benzene rings is 1. The summed E-state index contributed by atoms with van der Waals surface area (Å²) < 4.78 is 7.12. The van der Waals surface area contributed by atoms with Gasteiger partial charge in [0.25, 0.3) is 0 Å². The summed E-state index contributed by atoms with van der Waals surface area (Å²) in [5.41, 5.74) is 1.01. The van der Waals surface area contributed by atoms with Crippen molar-refractivity contribution in [1.82, 2.24) is 15.6 Å². The van der Waals surface area contributed by atoms with Gasteiger partial charge in [-0.1, -0.05) is 24.3 Å². The van der Waals surface area contributed by atoms with Gasteiger partial charge in [-0.05, 0) is 37.1 Å². The number of aliphatic imine (C=N–C) groups is 1. The van der Waals surface area contributed by atoms with Crippen LogP contribution in [0.4, 0.5) is 0 Å². The third-order valence-electron chi connectivity index (χ3n) is 4.17. The number of nitrogens with one attached hydrogen (secondary N) is 2. The highest BCUT2D eigenvalue weighted by atomic mass is 127. The fourth-order valence-electron chi connectivity index (χ4n) is 2.86. The normalized spacial score (nSPS) is 14.6. The van der Waals surface area contributed by atoms with Crippen LogP contribution in [0.25, 0.3) is 21.0 Å². The van der Waals surface area contributed by atoms with Crippen molar-refractivity contribution in [2.24, 2.45) is 4.99 Å². The molecular formula is C19H21IN4OS. The Morgan fingerprint density at radius 2 is 2.04 bits per heavy atom. The average molecular weight is 480 g/mol. The molecule has 7 heteroatoms. The van der Waals surface area contributed by atoms with E-state index in [9.17, 15) is 0 Å². The molecule has 3 aromatic rings. The van der Waals surface area contributed by atoms with E-state index in [0.29, 0.717) is 12.6 Å². The molecule has 0 spiro atoms. The summed E-state index contributed by atoms with van der Waals surface area (Å²) in [4.78, 5) is 8.91. The minimum absolute atomic E-state index is 0. The van der Waals surface area contributed by atoms with E-state index in [2.05, 4.69) is 38.8 Å². The second-order valence-corrected chi connectivity index (χ2v) is 6.99. The predicted molar refractivity (Wildman–Crippen MR) is 118 cm³/mol. The van der Waals surface area contributed by atoms with Crippen molar-refractivity contribution in [1.29, 1.82) is 0 Å². The van der Waals surface area contributed by atoms with E-state index in [1.807, 2.05) is 30.3 Å². The minimum Gasteiger partial charge on any atom is -0.457 e. The van der Waals surface area contributed by atoms with Crippen LogP contribution in [-0.2, 0) is 6.54 Å². The van der Waals surface area contributed by atoms with Gasteiger partial charge in [0.2, 0.25) is 0 Å². The van der Waals surface area contributed by atoms with Gasteiger partial charge in [0.15, 0.2) is 16.7 Å². The maximum atomic E-state index is 5.95. The maximum Gasteiger partial charge on any atom is 0.191 e. The Balaban J connectivity index is 0.00000196. The number of furan rings is 1. The lowest BCUT2D eigenvalue weighted by molar-refractivity contribution is 0.511. The summed E-state index contributed by atoms with van der Waals surface area (Å²) in [5.74, 6) is 2.47. The number of rotatable bonds is 4. The Labute approximate surface area is 173 Å². The molecular weight excluding hydrogens is 459 g/mol. The van der Waals surface area contributed by atoms with Gasteiger partial charge in [0.1, 0.15) is 5.76 Å². The summed E-state index contributed by atoms with van der Waals surface area (Å²) in [6, 6.07) is 12.5. The van der Waals surface area contributed by atoms with E-state index in [0.717, 1.165) is 40.8 Å². The SMILES string of the molecule is CN=C(NCc1ccc(-c2nc3ccccc3s2)o1)NC1CC=CC1.I. The number of fused-ring (bicyclic) bond motifs is 1. The smallest absolute Gasteiger partial charge is 0.191 e. The van der Waals surface area contributed by atoms with Gasteiger partial charge in [-0.15, -0.1) is 35.3 Å². The fraction of sp³-hybridized carbons (Fsp3) is 0.263. The molecule has 1 aliphatic carbocycles. The van der Waals surface area contributed by atoms with E-state index < -0.39 is 0 Å². The number of hydrogen-bond donors (Lipinski definition) is 2. The molecule has 0 fully saturated rings. The Kier molecular flexibility index (Phi) is 6.31. The van der Waals surface area contributed by atoms with Crippen LogP contribution >= 0.6 is 35.3 Å². The number of aromatic nitrogens is 1. The summed E-state index contributed by atoms with van der Waals surface area (Å²) in [5, 5.41) is 7.63. The van der Waals surface area contributed by atoms with Crippen molar-refractivity contribution < 1.29 is 4.42 Å². The van der Waals surface area contributed by atoms with Gasteiger partial charge >= 0.3 is 0 Å². The first-order chi connectivity index (χ1) is 12.3. The monoisotopic (exact) mass is 480 g/mol. The molecule has 0 unspecified atom stereocenters. The van der Waals surface area contributed by atoms with Crippen LogP contribution in [0, 0.1) is 0 Å². The van der Waals surface area contributed by atoms with Crippen LogP contribution < -0.4 is 10.6 Å². The van der Waals surface area contributed by atoms with Crippen molar-refractivity contribution in [3.63, 3.8) is 0 Å². The summed E-state index contributed by atoms with van der Waals surface area (Å²) in [6.07, 6.45) is 6.48. The number of guanidine groups is 1. The molecule has 0 aliphatic heterocycles. The number of thiazole rings is 1. The largest absolute Gasteiger partial charge is 0.457 e. The van der Waals surface area contributed by atoms with Crippen LogP contribution in [0.15, 0.2) is 58.0 Å². The molecule has 2 aromatic heterocycles. The summed E-state index contributed by atoms with van der Waals surface area (Å²) in [7, 11) is 1.78. The van der Waals surface area contributed by atoms with Crippen molar-refractivity contribution in [2.75, 3.05) is 7.05 Å². The Morgan fingerprint density at radius 3 is 2.81 bits per heavy atom. The predicted octanol–water partition coefficient (Wildman–Crippen LogP) is 4.56. The molecule has 2 N–H and O–H groups in total. The van der Waals surface area contributed by atoms with E-state index in [1.165, 1.54) is 4.70 Å². The lowest BCUT2D eigenvalue weighted by Crippen LogP contribution is -2.42. The van der Waals surface area contributed by atoms with Crippen LogP contribution in [-0.4, -0.2) is 24.0 Å². The first-order valence-electron chi connectivity index (χ1n) is 8.38. The van der Waals surface area contributed by atoms with Gasteiger partial charge in [-0.2, -0.15) is 0 Å². The molecule has 2 heterocycles. The van der Waals surface area contributed by atoms with E-state index >= 15 is 0 Å². The molecule has 136 valence electrons. The second kappa shape index (κ2) is 8.68.